The Labute approximate surface area is 197 Å². The van der Waals surface area contributed by atoms with Gasteiger partial charge in [-0.25, -0.2) is 9.97 Å². The molecule has 1 aliphatic rings. The van der Waals surface area contributed by atoms with Gasteiger partial charge in [0.1, 0.15) is 12.1 Å². The van der Waals surface area contributed by atoms with Crippen LogP contribution in [0.15, 0.2) is 73.6 Å². The van der Waals surface area contributed by atoms with Crippen LogP contribution in [-0.4, -0.2) is 54.6 Å². The first-order chi connectivity index (χ1) is 16.6. The summed E-state index contributed by atoms with van der Waals surface area (Å²) in [6, 6.07) is 17.4. The number of hydrogen-bond acceptors (Lipinski definition) is 7. The third-order valence-corrected chi connectivity index (χ3v) is 5.23. The van der Waals surface area contributed by atoms with Gasteiger partial charge in [0.05, 0.1) is 25.5 Å². The predicted molar refractivity (Wildman–Crippen MR) is 132 cm³/mol. The Hall–Kier alpha value is -4.24. The van der Waals surface area contributed by atoms with Crippen molar-refractivity contribution in [1.82, 2.24) is 15.3 Å². The molecule has 9 heteroatoms. The van der Waals surface area contributed by atoms with E-state index in [1.807, 2.05) is 36.4 Å². The van der Waals surface area contributed by atoms with Crippen molar-refractivity contribution in [3.05, 3.63) is 73.6 Å². The van der Waals surface area contributed by atoms with Crippen LogP contribution in [0.2, 0.25) is 0 Å². The van der Waals surface area contributed by atoms with Crippen molar-refractivity contribution in [3.63, 3.8) is 0 Å². The summed E-state index contributed by atoms with van der Waals surface area (Å²) in [7, 11) is 0. The minimum absolute atomic E-state index is 0.138. The van der Waals surface area contributed by atoms with Gasteiger partial charge >= 0.3 is 0 Å². The Bertz CT molecular complexity index is 1160. The van der Waals surface area contributed by atoms with Crippen LogP contribution in [0, 0.1) is 0 Å². The number of aromatic nitrogens is 2. The normalized spacial score (nSPS) is 13.1. The average molecular weight is 459 g/mol. The molecular weight excluding hydrogens is 432 g/mol. The molecule has 0 atom stereocenters. The van der Waals surface area contributed by atoms with Gasteiger partial charge in [0.15, 0.2) is 0 Å². The van der Waals surface area contributed by atoms with Gasteiger partial charge in [-0.2, -0.15) is 0 Å². The second-order valence-corrected chi connectivity index (χ2v) is 7.61. The van der Waals surface area contributed by atoms with Crippen LogP contribution in [0.4, 0.5) is 22.9 Å². The lowest BCUT2D eigenvalue weighted by molar-refractivity contribution is -0.121. The van der Waals surface area contributed by atoms with Gasteiger partial charge < -0.3 is 25.6 Å². The van der Waals surface area contributed by atoms with Crippen LogP contribution in [0.25, 0.3) is 11.3 Å². The molecule has 34 heavy (non-hydrogen) atoms. The summed E-state index contributed by atoms with van der Waals surface area (Å²) >= 11 is 0. The molecule has 3 N–H and O–H groups in total. The maximum atomic E-state index is 12.1. The topological polar surface area (TPSA) is 108 Å². The molecule has 0 radical (unpaired) electrons. The monoisotopic (exact) mass is 458 g/mol. The first-order valence-corrected chi connectivity index (χ1v) is 10.9. The highest BCUT2D eigenvalue weighted by Crippen LogP contribution is 2.25. The lowest BCUT2D eigenvalue weighted by atomic mass is 10.1. The summed E-state index contributed by atoms with van der Waals surface area (Å²) < 4.78 is 5.41. The van der Waals surface area contributed by atoms with Gasteiger partial charge in [0.2, 0.25) is 11.8 Å². The minimum Gasteiger partial charge on any atom is -0.378 e. The lowest BCUT2D eigenvalue weighted by Gasteiger charge is -2.28. The highest BCUT2D eigenvalue weighted by atomic mass is 16.5. The number of nitrogens with one attached hydrogen (secondary N) is 3. The van der Waals surface area contributed by atoms with Gasteiger partial charge in [-0.05, 0) is 42.5 Å². The molecule has 0 saturated carbocycles. The van der Waals surface area contributed by atoms with Crippen molar-refractivity contribution in [2.45, 2.75) is 0 Å². The van der Waals surface area contributed by atoms with Crippen LogP contribution in [0.5, 0.6) is 0 Å². The van der Waals surface area contributed by atoms with Gasteiger partial charge in [0.25, 0.3) is 0 Å². The Morgan fingerprint density at radius 2 is 1.82 bits per heavy atom. The lowest BCUT2D eigenvalue weighted by Crippen LogP contribution is -2.36. The number of rotatable bonds is 8. The molecule has 1 aliphatic heterocycles. The zero-order chi connectivity index (χ0) is 23.8. The Balaban J connectivity index is 1.41. The third kappa shape index (κ3) is 6.17. The summed E-state index contributed by atoms with van der Waals surface area (Å²) in [6.45, 7) is 6.51. The SMILES string of the molecule is C=CC(=O)NCC(=O)Nc1cccc(-c2cc(Nc3ccc(N4CCOCC4)cc3)ncn2)c1. The van der Waals surface area contributed by atoms with E-state index in [0.29, 0.717) is 17.2 Å². The zero-order valence-electron chi connectivity index (χ0n) is 18.7. The molecule has 0 spiro atoms. The molecule has 2 aromatic carbocycles. The zero-order valence-corrected chi connectivity index (χ0v) is 18.7. The first kappa shape index (κ1) is 22.9. The molecule has 0 aliphatic carbocycles. The second kappa shape index (κ2) is 11.1. The van der Waals surface area contributed by atoms with E-state index in [4.69, 9.17) is 4.74 Å². The minimum atomic E-state index is -0.402. The van der Waals surface area contributed by atoms with Crippen molar-refractivity contribution in [2.75, 3.05) is 48.4 Å². The van der Waals surface area contributed by atoms with Crippen molar-refractivity contribution in [1.29, 1.82) is 0 Å². The summed E-state index contributed by atoms with van der Waals surface area (Å²) in [4.78, 5) is 34.3. The number of morpholine rings is 1. The van der Waals surface area contributed by atoms with Crippen LogP contribution in [-0.2, 0) is 14.3 Å². The van der Waals surface area contributed by atoms with Crippen LogP contribution >= 0.6 is 0 Å². The summed E-state index contributed by atoms with van der Waals surface area (Å²) in [5.41, 5.74) is 4.21. The first-order valence-electron chi connectivity index (χ1n) is 10.9. The number of anilines is 4. The van der Waals surface area contributed by atoms with E-state index in [2.05, 4.69) is 49.5 Å². The van der Waals surface area contributed by atoms with Crippen molar-refractivity contribution in [2.24, 2.45) is 0 Å². The van der Waals surface area contributed by atoms with Gasteiger partial charge in [-0.1, -0.05) is 18.7 Å². The fourth-order valence-corrected chi connectivity index (χ4v) is 3.51. The number of carbonyl (C=O) groups is 2. The molecule has 2 amide bonds. The number of benzene rings is 2. The van der Waals surface area contributed by atoms with E-state index in [-0.39, 0.29) is 12.5 Å². The second-order valence-electron chi connectivity index (χ2n) is 7.61. The highest BCUT2D eigenvalue weighted by Gasteiger charge is 2.11. The summed E-state index contributed by atoms with van der Waals surface area (Å²) in [5, 5.41) is 8.52. The highest BCUT2D eigenvalue weighted by molar-refractivity contribution is 5.96. The molecular formula is C25H26N6O3. The molecule has 1 saturated heterocycles. The fourth-order valence-electron chi connectivity index (χ4n) is 3.51. The predicted octanol–water partition coefficient (Wildman–Crippen LogP) is 2.96. The summed E-state index contributed by atoms with van der Waals surface area (Å²) in [5.74, 6) is -0.0794. The van der Waals surface area contributed by atoms with Gasteiger partial charge in [-0.15, -0.1) is 0 Å². The van der Waals surface area contributed by atoms with E-state index < -0.39 is 5.91 Å². The van der Waals surface area contributed by atoms with Gasteiger partial charge in [0, 0.05) is 41.8 Å². The number of amides is 2. The number of carbonyl (C=O) groups excluding carboxylic acids is 2. The van der Waals surface area contributed by atoms with Crippen LogP contribution < -0.4 is 20.9 Å². The van der Waals surface area contributed by atoms with E-state index in [0.717, 1.165) is 43.6 Å². The molecule has 174 valence electrons. The number of nitrogens with zero attached hydrogens (tertiary/aromatic N) is 3. The standard InChI is InChI=1S/C25H26N6O3/c1-2-24(32)26-16-25(33)30-20-5-3-4-18(14-20)22-15-23(28-17-27-22)29-19-6-8-21(9-7-19)31-10-12-34-13-11-31/h2-9,14-15,17H,1,10-13,16H2,(H,26,32)(H,30,33)(H,27,28,29). The Morgan fingerprint density at radius 1 is 1.03 bits per heavy atom. The van der Waals surface area contributed by atoms with Crippen LogP contribution in [0.3, 0.4) is 0 Å². The van der Waals surface area contributed by atoms with E-state index in [1.54, 1.807) is 6.07 Å². The average Bonchev–Trinajstić information content (AvgIpc) is 2.88. The van der Waals surface area contributed by atoms with Crippen molar-refractivity contribution < 1.29 is 14.3 Å². The van der Waals surface area contributed by atoms with Crippen LogP contribution in [0.1, 0.15) is 0 Å². The molecule has 3 aromatic rings. The fraction of sp³-hybridized carbons (Fsp3) is 0.200. The smallest absolute Gasteiger partial charge is 0.243 e. The maximum absolute atomic E-state index is 12.1. The molecule has 1 fully saturated rings. The van der Waals surface area contributed by atoms with E-state index in [9.17, 15) is 9.59 Å². The van der Waals surface area contributed by atoms with Crippen molar-refractivity contribution >= 4 is 34.7 Å². The molecule has 1 aromatic heterocycles. The molecule has 0 unspecified atom stereocenters. The number of hydrogen-bond donors (Lipinski definition) is 3. The summed E-state index contributed by atoms with van der Waals surface area (Å²) in [6.07, 6.45) is 2.61. The molecule has 2 heterocycles. The molecule has 4 rings (SSSR count). The maximum Gasteiger partial charge on any atom is 0.243 e. The Morgan fingerprint density at radius 3 is 2.59 bits per heavy atom. The Kier molecular flexibility index (Phi) is 7.46. The van der Waals surface area contributed by atoms with Crippen molar-refractivity contribution in [3.8, 4) is 11.3 Å². The van der Waals surface area contributed by atoms with Gasteiger partial charge in [-0.3, -0.25) is 9.59 Å². The quantitative estimate of drug-likeness (QED) is 0.445. The van der Waals surface area contributed by atoms with E-state index >= 15 is 0 Å². The number of ether oxygens (including phenoxy) is 1. The molecule has 9 nitrogen and oxygen atoms in total. The largest absolute Gasteiger partial charge is 0.378 e. The third-order valence-electron chi connectivity index (χ3n) is 5.23. The van der Waals surface area contributed by atoms with E-state index in [1.165, 1.54) is 12.0 Å². The molecule has 0 bridgehead atoms.